The molecule has 1 amide bonds. The highest BCUT2D eigenvalue weighted by atomic mass is 32.2. The fourth-order valence-corrected chi connectivity index (χ4v) is 5.50. The largest absolute Gasteiger partial charge is 0.433 e. The van der Waals surface area contributed by atoms with Crippen molar-refractivity contribution in [2.75, 3.05) is 6.54 Å². The second-order valence-electron chi connectivity index (χ2n) is 8.11. The Balaban J connectivity index is 1.61. The Bertz CT molecular complexity index is 1140. The van der Waals surface area contributed by atoms with Gasteiger partial charge in [0, 0.05) is 12.7 Å². The molecular formula is C21H20F6N2O4S. The average molecular weight is 510 g/mol. The quantitative estimate of drug-likeness (QED) is 0.593. The van der Waals surface area contributed by atoms with Crippen LogP contribution < -0.4 is 5.32 Å². The van der Waals surface area contributed by atoms with E-state index in [1.54, 1.807) is 0 Å². The fourth-order valence-electron chi connectivity index (χ4n) is 3.70. The summed E-state index contributed by atoms with van der Waals surface area (Å²) >= 11 is 0. The first kappa shape index (κ1) is 25.9. The summed E-state index contributed by atoms with van der Waals surface area (Å²) in [6, 6.07) is 5.04. The molecule has 0 unspecified atom stereocenters. The second-order valence-corrected chi connectivity index (χ2v) is 10.3. The van der Waals surface area contributed by atoms with Crippen LogP contribution in [0.2, 0.25) is 0 Å². The lowest BCUT2D eigenvalue weighted by Gasteiger charge is -2.35. The number of carbonyl (C=O) groups is 1. The number of aliphatic hydroxyl groups is 1. The van der Waals surface area contributed by atoms with Gasteiger partial charge in [-0.15, -0.1) is 0 Å². The summed E-state index contributed by atoms with van der Waals surface area (Å²) < 4.78 is 102. The van der Waals surface area contributed by atoms with Crippen molar-refractivity contribution in [3.8, 4) is 0 Å². The number of alkyl halides is 6. The standard InChI is InChI=1S/C21H20F6N2O4S/c22-20(23,24)14-2-1-3-16(10-14)34(32,33)15-6-8-19(31,9-7-15)12-29-18(30)13-4-5-17(28-11-13)21(25,26)27/h1-5,10-11,15,31H,6-9,12H2,(H,29,30)/t15-,19+. The molecule has 13 heteroatoms. The zero-order valence-electron chi connectivity index (χ0n) is 17.4. The van der Waals surface area contributed by atoms with Gasteiger partial charge in [0.05, 0.1) is 26.9 Å². The molecule has 1 aromatic heterocycles. The predicted octanol–water partition coefficient (Wildman–Crippen LogP) is 4.00. The van der Waals surface area contributed by atoms with Gasteiger partial charge in [0.1, 0.15) is 5.69 Å². The summed E-state index contributed by atoms with van der Waals surface area (Å²) in [6.45, 7) is -0.289. The highest BCUT2D eigenvalue weighted by Crippen LogP contribution is 2.36. The maximum absolute atomic E-state index is 12.9. The fraction of sp³-hybridized carbons (Fsp3) is 0.429. The number of carbonyl (C=O) groups excluding carboxylic acids is 1. The Kier molecular flexibility index (Phi) is 7.00. The molecule has 0 saturated heterocycles. The predicted molar refractivity (Wildman–Crippen MR) is 107 cm³/mol. The summed E-state index contributed by atoms with van der Waals surface area (Å²) in [6.07, 6.45) is -8.81. The monoisotopic (exact) mass is 510 g/mol. The SMILES string of the molecule is O=C(NC[C@]1(O)CC[C@@H](S(=O)(=O)c2cccc(C(F)(F)F)c2)CC1)c1ccc(C(F)(F)F)nc1. The smallest absolute Gasteiger partial charge is 0.388 e. The zero-order valence-corrected chi connectivity index (χ0v) is 18.3. The highest BCUT2D eigenvalue weighted by molar-refractivity contribution is 7.92. The van der Waals surface area contributed by atoms with Gasteiger partial charge in [-0.3, -0.25) is 9.78 Å². The van der Waals surface area contributed by atoms with E-state index in [9.17, 15) is 44.7 Å². The Hall–Kier alpha value is -2.67. The van der Waals surface area contributed by atoms with Gasteiger partial charge in [-0.25, -0.2) is 8.42 Å². The molecule has 186 valence electrons. The number of hydrogen-bond donors (Lipinski definition) is 2. The molecule has 1 fully saturated rings. The molecule has 2 aromatic rings. The third kappa shape index (κ3) is 5.87. The summed E-state index contributed by atoms with van der Waals surface area (Å²) in [7, 11) is -4.08. The number of aromatic nitrogens is 1. The molecule has 1 aliphatic carbocycles. The van der Waals surface area contributed by atoms with Gasteiger partial charge in [0.2, 0.25) is 0 Å². The van der Waals surface area contributed by atoms with Crippen LogP contribution in [0.5, 0.6) is 0 Å². The number of amides is 1. The van der Waals surface area contributed by atoms with Crippen molar-refractivity contribution in [3.05, 3.63) is 59.4 Å². The minimum Gasteiger partial charge on any atom is -0.388 e. The molecule has 2 N–H and O–H groups in total. The lowest BCUT2D eigenvalue weighted by molar-refractivity contribution is -0.141. The summed E-state index contributed by atoms with van der Waals surface area (Å²) in [4.78, 5) is 14.9. The van der Waals surface area contributed by atoms with E-state index in [0.29, 0.717) is 12.1 Å². The normalized spacial score (nSPS) is 21.8. The van der Waals surface area contributed by atoms with Gasteiger partial charge in [0.15, 0.2) is 9.84 Å². The van der Waals surface area contributed by atoms with E-state index in [1.807, 2.05) is 0 Å². The number of rotatable bonds is 5. The van der Waals surface area contributed by atoms with Crippen molar-refractivity contribution in [1.29, 1.82) is 0 Å². The van der Waals surface area contributed by atoms with Gasteiger partial charge >= 0.3 is 12.4 Å². The Morgan fingerprint density at radius 3 is 2.24 bits per heavy atom. The van der Waals surface area contributed by atoms with E-state index in [4.69, 9.17) is 0 Å². The molecule has 1 heterocycles. The molecule has 6 nitrogen and oxygen atoms in total. The van der Waals surface area contributed by atoms with Crippen LogP contribution in [0.25, 0.3) is 0 Å². The van der Waals surface area contributed by atoms with E-state index in [1.165, 1.54) is 0 Å². The first-order valence-corrected chi connectivity index (χ1v) is 11.6. The Morgan fingerprint density at radius 2 is 1.71 bits per heavy atom. The van der Waals surface area contributed by atoms with Crippen LogP contribution in [0.1, 0.15) is 47.3 Å². The average Bonchev–Trinajstić information content (AvgIpc) is 2.77. The van der Waals surface area contributed by atoms with Gasteiger partial charge in [-0.2, -0.15) is 26.3 Å². The van der Waals surface area contributed by atoms with E-state index in [0.717, 1.165) is 30.5 Å². The molecule has 3 rings (SSSR count). The molecule has 0 atom stereocenters. The second kappa shape index (κ2) is 9.17. The summed E-state index contributed by atoms with van der Waals surface area (Å²) in [5.74, 6) is -0.770. The van der Waals surface area contributed by atoms with Crippen molar-refractivity contribution < 1.29 is 44.7 Å². The van der Waals surface area contributed by atoms with E-state index < -0.39 is 55.1 Å². The number of pyridine rings is 1. The Morgan fingerprint density at radius 1 is 1.06 bits per heavy atom. The lowest BCUT2D eigenvalue weighted by Crippen LogP contribution is -2.47. The first-order valence-electron chi connectivity index (χ1n) is 10.1. The minimum absolute atomic E-state index is 0.0488. The number of sulfone groups is 1. The van der Waals surface area contributed by atoms with Crippen LogP contribution in [-0.4, -0.2) is 41.8 Å². The van der Waals surface area contributed by atoms with Gasteiger partial charge in [-0.05, 0) is 56.0 Å². The number of hydrogen-bond acceptors (Lipinski definition) is 5. The molecule has 0 aliphatic heterocycles. The van der Waals surface area contributed by atoms with Crippen molar-refractivity contribution in [2.24, 2.45) is 0 Å². The van der Waals surface area contributed by atoms with Crippen LogP contribution >= 0.6 is 0 Å². The van der Waals surface area contributed by atoms with E-state index in [2.05, 4.69) is 10.3 Å². The maximum atomic E-state index is 12.9. The highest BCUT2D eigenvalue weighted by Gasteiger charge is 2.40. The molecule has 1 aromatic carbocycles. The van der Waals surface area contributed by atoms with Gasteiger partial charge in [-0.1, -0.05) is 6.07 Å². The van der Waals surface area contributed by atoms with Crippen molar-refractivity contribution >= 4 is 15.7 Å². The Labute approximate surface area is 190 Å². The number of halogens is 6. The number of nitrogens with one attached hydrogen (secondary N) is 1. The van der Waals surface area contributed by atoms with E-state index in [-0.39, 0.29) is 37.8 Å². The van der Waals surface area contributed by atoms with Crippen molar-refractivity contribution in [3.63, 3.8) is 0 Å². The summed E-state index contributed by atoms with van der Waals surface area (Å²) in [5, 5.41) is 12.1. The van der Waals surface area contributed by atoms with Crippen molar-refractivity contribution in [2.45, 2.75) is 53.8 Å². The van der Waals surface area contributed by atoms with E-state index >= 15 is 0 Å². The van der Waals surface area contributed by atoms with Crippen LogP contribution in [0.3, 0.4) is 0 Å². The summed E-state index contributed by atoms with van der Waals surface area (Å²) in [5.41, 5.74) is -3.88. The minimum atomic E-state index is -4.70. The first-order chi connectivity index (χ1) is 15.6. The third-order valence-corrected chi connectivity index (χ3v) is 7.95. The number of benzene rings is 1. The lowest BCUT2D eigenvalue weighted by atomic mass is 9.84. The molecule has 1 aliphatic rings. The van der Waals surface area contributed by atoms with Crippen LogP contribution in [-0.2, 0) is 22.2 Å². The third-order valence-electron chi connectivity index (χ3n) is 5.69. The number of nitrogens with zero attached hydrogens (tertiary/aromatic N) is 1. The van der Waals surface area contributed by atoms with Crippen molar-refractivity contribution in [1.82, 2.24) is 10.3 Å². The molecule has 1 saturated carbocycles. The van der Waals surface area contributed by atoms with Gasteiger partial charge in [0.25, 0.3) is 5.91 Å². The molecule has 34 heavy (non-hydrogen) atoms. The van der Waals surface area contributed by atoms with Crippen LogP contribution in [0.4, 0.5) is 26.3 Å². The zero-order chi connectivity index (χ0) is 25.4. The molecule has 0 bridgehead atoms. The molecular weight excluding hydrogens is 490 g/mol. The van der Waals surface area contributed by atoms with Gasteiger partial charge < -0.3 is 10.4 Å². The topological polar surface area (TPSA) is 96.4 Å². The molecule has 0 radical (unpaired) electrons. The maximum Gasteiger partial charge on any atom is 0.433 e. The molecule has 0 spiro atoms. The van der Waals surface area contributed by atoms with Crippen LogP contribution in [0.15, 0.2) is 47.5 Å². The van der Waals surface area contributed by atoms with Crippen LogP contribution in [0, 0.1) is 0 Å².